The summed E-state index contributed by atoms with van der Waals surface area (Å²) in [6, 6.07) is 5.70. The van der Waals surface area contributed by atoms with E-state index in [0.29, 0.717) is 8.95 Å². The minimum Gasteiger partial charge on any atom is -0.506 e. The third-order valence-electron chi connectivity index (χ3n) is 2.28. The zero-order chi connectivity index (χ0) is 12.3. The summed E-state index contributed by atoms with van der Waals surface area (Å²) in [5.41, 5.74) is 2.13. The third kappa shape index (κ3) is 3.31. The fraction of sp³-hybridized carbons (Fsp3) is 0.182. The van der Waals surface area contributed by atoms with Crippen LogP contribution in [0.3, 0.4) is 0 Å². The lowest BCUT2D eigenvalue weighted by atomic mass is 10.2. The topological polar surface area (TPSA) is 60.9 Å². The summed E-state index contributed by atoms with van der Waals surface area (Å²) in [6.07, 6.45) is 1.73. The fourth-order valence-electron chi connectivity index (χ4n) is 1.44. The molecule has 0 fully saturated rings. The van der Waals surface area contributed by atoms with E-state index in [1.165, 1.54) is 0 Å². The number of nitrogens with one attached hydrogen (secondary N) is 2. The molecular weight excluding hydrogens is 350 g/mol. The average molecular weight is 361 g/mol. The first-order chi connectivity index (χ1) is 8.16. The molecule has 0 spiro atoms. The van der Waals surface area contributed by atoms with Gasteiger partial charge in [0.1, 0.15) is 5.75 Å². The third-order valence-corrected chi connectivity index (χ3v) is 3.49. The average Bonchev–Trinajstić information content (AvgIpc) is 2.79. The molecule has 1 aromatic carbocycles. The number of phenolic OH excluding ortho intramolecular Hbond substituents is 1. The first-order valence-electron chi connectivity index (χ1n) is 5.02. The molecule has 0 aliphatic heterocycles. The summed E-state index contributed by atoms with van der Waals surface area (Å²) >= 11 is 6.61. The zero-order valence-corrected chi connectivity index (χ0v) is 12.0. The Kier molecular flexibility index (Phi) is 4.20. The van der Waals surface area contributed by atoms with E-state index in [0.717, 1.165) is 24.3 Å². The molecule has 6 heteroatoms. The van der Waals surface area contributed by atoms with Crippen LogP contribution in [0.2, 0.25) is 0 Å². The number of rotatable bonds is 4. The van der Waals surface area contributed by atoms with Crippen LogP contribution >= 0.6 is 31.9 Å². The maximum atomic E-state index is 9.58. The van der Waals surface area contributed by atoms with Gasteiger partial charge in [0.05, 0.1) is 8.95 Å². The van der Waals surface area contributed by atoms with E-state index in [4.69, 9.17) is 0 Å². The maximum absolute atomic E-state index is 9.58. The number of H-pyrrole nitrogens is 1. The van der Waals surface area contributed by atoms with E-state index in [-0.39, 0.29) is 5.75 Å². The van der Waals surface area contributed by atoms with Crippen molar-refractivity contribution in [3.63, 3.8) is 0 Å². The molecule has 2 aromatic rings. The Morgan fingerprint density at radius 3 is 2.53 bits per heavy atom. The van der Waals surface area contributed by atoms with Crippen molar-refractivity contribution in [1.82, 2.24) is 15.5 Å². The summed E-state index contributed by atoms with van der Waals surface area (Å²) in [4.78, 5) is 0. The zero-order valence-electron chi connectivity index (χ0n) is 8.87. The molecule has 0 atom stereocenters. The lowest BCUT2D eigenvalue weighted by Gasteiger charge is -2.07. The largest absolute Gasteiger partial charge is 0.506 e. The monoisotopic (exact) mass is 359 g/mol. The number of hydrogen-bond acceptors (Lipinski definition) is 3. The lowest BCUT2D eigenvalue weighted by molar-refractivity contribution is 0.468. The molecule has 1 heterocycles. The van der Waals surface area contributed by atoms with Crippen LogP contribution in [0, 0.1) is 0 Å². The van der Waals surface area contributed by atoms with E-state index in [9.17, 15) is 5.11 Å². The Balaban J connectivity index is 1.95. The van der Waals surface area contributed by atoms with Crippen LogP contribution in [0.4, 0.5) is 0 Å². The van der Waals surface area contributed by atoms with Crippen LogP contribution in [0.1, 0.15) is 11.3 Å². The molecule has 3 N–H and O–H groups in total. The quantitative estimate of drug-likeness (QED) is 0.785. The Labute approximate surface area is 116 Å². The van der Waals surface area contributed by atoms with Gasteiger partial charge >= 0.3 is 0 Å². The first kappa shape index (κ1) is 12.6. The smallest absolute Gasteiger partial charge is 0.143 e. The molecule has 0 radical (unpaired) electrons. The number of aromatic hydroxyl groups is 1. The van der Waals surface area contributed by atoms with E-state index in [1.54, 1.807) is 6.20 Å². The number of nitrogens with zero attached hydrogens (tertiary/aromatic N) is 1. The summed E-state index contributed by atoms with van der Waals surface area (Å²) in [6.45, 7) is 1.45. The Bertz CT molecular complexity index is 476. The van der Waals surface area contributed by atoms with Gasteiger partial charge in [0.25, 0.3) is 0 Å². The number of aromatic nitrogens is 2. The van der Waals surface area contributed by atoms with Gasteiger partial charge in [0.15, 0.2) is 0 Å². The van der Waals surface area contributed by atoms with Gasteiger partial charge in [-0.15, -0.1) is 0 Å². The minimum absolute atomic E-state index is 0.224. The second kappa shape index (κ2) is 5.66. The second-order valence-electron chi connectivity index (χ2n) is 3.59. The number of aromatic amines is 1. The highest BCUT2D eigenvalue weighted by Gasteiger charge is 2.05. The van der Waals surface area contributed by atoms with Crippen molar-refractivity contribution in [1.29, 1.82) is 0 Å². The van der Waals surface area contributed by atoms with E-state index in [1.807, 2.05) is 18.2 Å². The molecule has 0 aliphatic carbocycles. The SMILES string of the molecule is Oc1c(Br)cc(CNCc2ccn[nH]2)cc1Br. The molecule has 2 rings (SSSR count). The van der Waals surface area contributed by atoms with Crippen LogP contribution in [0.15, 0.2) is 33.3 Å². The van der Waals surface area contributed by atoms with Gasteiger partial charge in [0, 0.05) is 25.0 Å². The summed E-state index contributed by atoms with van der Waals surface area (Å²) in [5, 5.41) is 19.6. The second-order valence-corrected chi connectivity index (χ2v) is 5.30. The van der Waals surface area contributed by atoms with Gasteiger partial charge in [-0.2, -0.15) is 5.10 Å². The van der Waals surface area contributed by atoms with Crippen molar-refractivity contribution in [2.24, 2.45) is 0 Å². The van der Waals surface area contributed by atoms with Crippen LogP contribution in [0.5, 0.6) is 5.75 Å². The Morgan fingerprint density at radius 2 is 1.94 bits per heavy atom. The van der Waals surface area contributed by atoms with Gasteiger partial charge < -0.3 is 10.4 Å². The van der Waals surface area contributed by atoms with Crippen LogP contribution < -0.4 is 5.32 Å². The van der Waals surface area contributed by atoms with Crippen molar-refractivity contribution in [2.45, 2.75) is 13.1 Å². The Hall–Kier alpha value is -0.850. The van der Waals surface area contributed by atoms with Crippen LogP contribution in [-0.2, 0) is 13.1 Å². The van der Waals surface area contributed by atoms with Gasteiger partial charge in [0.2, 0.25) is 0 Å². The molecule has 4 nitrogen and oxygen atoms in total. The van der Waals surface area contributed by atoms with Crippen molar-refractivity contribution in [2.75, 3.05) is 0 Å². The summed E-state index contributed by atoms with van der Waals surface area (Å²) in [7, 11) is 0. The van der Waals surface area contributed by atoms with Gasteiger partial charge in [-0.1, -0.05) is 0 Å². The number of halogens is 2. The van der Waals surface area contributed by atoms with E-state index >= 15 is 0 Å². The molecule has 0 unspecified atom stereocenters. The number of phenols is 1. The minimum atomic E-state index is 0.224. The molecule has 0 amide bonds. The van der Waals surface area contributed by atoms with Crippen LogP contribution in [-0.4, -0.2) is 15.3 Å². The summed E-state index contributed by atoms with van der Waals surface area (Å²) < 4.78 is 1.37. The first-order valence-corrected chi connectivity index (χ1v) is 6.61. The molecule has 90 valence electrons. The molecule has 0 bridgehead atoms. The normalized spacial score (nSPS) is 10.7. The molecule has 0 aliphatic rings. The molecule has 0 saturated heterocycles. The Morgan fingerprint density at radius 1 is 1.24 bits per heavy atom. The standard InChI is InChI=1S/C11H11Br2N3O/c12-9-3-7(4-10(13)11(9)17)5-14-6-8-1-2-15-16-8/h1-4,14,17H,5-6H2,(H,15,16). The maximum Gasteiger partial charge on any atom is 0.143 e. The lowest BCUT2D eigenvalue weighted by Crippen LogP contribution is -2.13. The number of hydrogen-bond donors (Lipinski definition) is 3. The van der Waals surface area contributed by atoms with Crippen molar-refractivity contribution >= 4 is 31.9 Å². The van der Waals surface area contributed by atoms with Gasteiger partial charge in [-0.05, 0) is 55.6 Å². The number of benzene rings is 1. The van der Waals surface area contributed by atoms with Crippen molar-refractivity contribution < 1.29 is 5.11 Å². The van der Waals surface area contributed by atoms with Crippen molar-refractivity contribution in [3.8, 4) is 5.75 Å². The van der Waals surface area contributed by atoms with E-state index < -0.39 is 0 Å². The van der Waals surface area contributed by atoms with Gasteiger partial charge in [-0.25, -0.2) is 0 Å². The highest BCUT2D eigenvalue weighted by atomic mass is 79.9. The molecule has 0 saturated carbocycles. The predicted octanol–water partition coefficient (Wildman–Crippen LogP) is 2.93. The predicted molar refractivity (Wildman–Crippen MR) is 72.6 cm³/mol. The fourth-order valence-corrected chi connectivity index (χ4v) is 2.73. The van der Waals surface area contributed by atoms with E-state index in [2.05, 4.69) is 47.4 Å². The molecular formula is C11H11Br2N3O. The molecule has 1 aromatic heterocycles. The summed E-state index contributed by atoms with van der Waals surface area (Å²) in [5.74, 6) is 0.224. The highest BCUT2D eigenvalue weighted by Crippen LogP contribution is 2.33. The van der Waals surface area contributed by atoms with Gasteiger partial charge in [-0.3, -0.25) is 5.10 Å². The van der Waals surface area contributed by atoms with Crippen LogP contribution in [0.25, 0.3) is 0 Å². The van der Waals surface area contributed by atoms with Crippen molar-refractivity contribution in [3.05, 3.63) is 44.6 Å². The molecule has 17 heavy (non-hydrogen) atoms. The highest BCUT2D eigenvalue weighted by molar-refractivity contribution is 9.11.